The minimum atomic E-state index is -1.53. The Bertz CT molecular complexity index is 1550. The molecular formula is C28H24N4O7. The fourth-order valence-electron chi connectivity index (χ4n) is 4.92. The smallest absolute Gasteiger partial charge is 0.309 e. The molecular weight excluding hydrogens is 504 g/mol. The molecule has 1 heterocycles. The lowest BCUT2D eigenvalue weighted by Crippen LogP contribution is -2.63. The van der Waals surface area contributed by atoms with Gasteiger partial charge in [0.15, 0.2) is 6.17 Å². The van der Waals surface area contributed by atoms with E-state index in [4.69, 9.17) is 0 Å². The number of aliphatic carboxylic acids is 1. The van der Waals surface area contributed by atoms with Gasteiger partial charge in [-0.1, -0.05) is 42.5 Å². The number of carbonyl (C=O) groups excluding carboxylic acids is 5. The van der Waals surface area contributed by atoms with Crippen LogP contribution in [0.4, 0.5) is 11.4 Å². The maximum absolute atomic E-state index is 13.7. The molecule has 39 heavy (non-hydrogen) atoms. The fourth-order valence-corrected chi connectivity index (χ4v) is 4.92. The van der Waals surface area contributed by atoms with Gasteiger partial charge in [0.05, 0.1) is 17.3 Å². The predicted octanol–water partition coefficient (Wildman–Crippen LogP) is 1.45. The molecule has 2 aliphatic rings. The summed E-state index contributed by atoms with van der Waals surface area (Å²) in [6, 6.07) is 18.9. The van der Waals surface area contributed by atoms with Gasteiger partial charge < -0.3 is 20.5 Å². The molecule has 1 fully saturated rings. The standard InChI is InChI=1S/C28H24N4O7/c1-16(34)32-22-9-5-4-8-21(22)31(14-23(35)30-28(15-33)13-20(28)27(38)39)26(37)24(32)29-25(36)19-11-10-17-6-2-3-7-18(17)12-19/h2-12,15,20,24H,13-14H2,1H3,(H,29,36)(H,30,35)(H,38,39)/t20?,24-,28?/m0/s1. The van der Waals surface area contributed by atoms with E-state index in [0.29, 0.717) is 12.0 Å². The molecule has 2 unspecified atom stereocenters. The first kappa shape index (κ1) is 25.6. The molecule has 0 aromatic heterocycles. The third-order valence-corrected chi connectivity index (χ3v) is 6.99. The van der Waals surface area contributed by atoms with Crippen molar-refractivity contribution in [1.82, 2.24) is 10.6 Å². The Labute approximate surface area is 222 Å². The van der Waals surface area contributed by atoms with Crippen LogP contribution in [0.15, 0.2) is 66.7 Å². The number of fused-ring (bicyclic) bond motifs is 2. The van der Waals surface area contributed by atoms with E-state index >= 15 is 0 Å². The minimum Gasteiger partial charge on any atom is -0.481 e. The monoisotopic (exact) mass is 528 g/mol. The van der Waals surface area contributed by atoms with Crippen LogP contribution in [0.5, 0.6) is 0 Å². The molecule has 5 rings (SSSR count). The highest BCUT2D eigenvalue weighted by atomic mass is 16.4. The summed E-state index contributed by atoms with van der Waals surface area (Å²) in [4.78, 5) is 77.7. The highest BCUT2D eigenvalue weighted by Gasteiger charge is 2.60. The average molecular weight is 529 g/mol. The zero-order chi connectivity index (χ0) is 27.9. The molecule has 11 nitrogen and oxygen atoms in total. The minimum absolute atomic E-state index is 0.0509. The van der Waals surface area contributed by atoms with E-state index in [-0.39, 0.29) is 17.7 Å². The second-order valence-electron chi connectivity index (χ2n) is 9.54. The third kappa shape index (κ3) is 4.58. The van der Waals surface area contributed by atoms with Crippen molar-refractivity contribution in [3.05, 3.63) is 72.3 Å². The first-order valence-electron chi connectivity index (χ1n) is 12.2. The molecule has 3 N–H and O–H groups in total. The molecule has 0 spiro atoms. The summed E-state index contributed by atoms with van der Waals surface area (Å²) < 4.78 is 0. The predicted molar refractivity (Wildman–Crippen MR) is 140 cm³/mol. The number of aldehydes is 1. The summed E-state index contributed by atoms with van der Waals surface area (Å²) in [5.41, 5.74) is -0.721. The van der Waals surface area contributed by atoms with Crippen LogP contribution in [0, 0.1) is 5.92 Å². The van der Waals surface area contributed by atoms with Crippen molar-refractivity contribution >= 4 is 58.0 Å². The Kier molecular flexibility index (Phi) is 6.35. The van der Waals surface area contributed by atoms with E-state index in [1.165, 1.54) is 6.92 Å². The lowest BCUT2D eigenvalue weighted by molar-refractivity contribution is -0.140. The first-order valence-corrected chi connectivity index (χ1v) is 12.2. The number of amides is 4. The van der Waals surface area contributed by atoms with E-state index in [2.05, 4.69) is 10.6 Å². The number of hydrogen-bond acceptors (Lipinski definition) is 6. The van der Waals surface area contributed by atoms with Gasteiger partial charge in [0.25, 0.3) is 11.8 Å². The molecule has 3 atom stereocenters. The van der Waals surface area contributed by atoms with Gasteiger partial charge in [-0.25, -0.2) is 0 Å². The van der Waals surface area contributed by atoms with Crippen LogP contribution >= 0.6 is 0 Å². The van der Waals surface area contributed by atoms with Crippen molar-refractivity contribution < 1.29 is 33.9 Å². The summed E-state index contributed by atoms with van der Waals surface area (Å²) in [6.07, 6.45) is -1.12. The normalized spacial score (nSPS) is 21.6. The van der Waals surface area contributed by atoms with Crippen LogP contribution in [-0.2, 0) is 24.0 Å². The largest absolute Gasteiger partial charge is 0.481 e. The van der Waals surface area contributed by atoms with E-state index in [1.807, 2.05) is 24.3 Å². The van der Waals surface area contributed by atoms with E-state index < -0.39 is 53.8 Å². The third-order valence-electron chi connectivity index (χ3n) is 6.99. The Morgan fingerprint density at radius 3 is 2.31 bits per heavy atom. The summed E-state index contributed by atoms with van der Waals surface area (Å²) >= 11 is 0. The molecule has 11 heteroatoms. The highest BCUT2D eigenvalue weighted by molar-refractivity contribution is 6.16. The number of nitrogens with zero attached hydrogens (tertiary/aromatic N) is 2. The summed E-state index contributed by atoms with van der Waals surface area (Å²) in [6.45, 7) is 0.695. The van der Waals surface area contributed by atoms with Gasteiger partial charge >= 0.3 is 5.97 Å². The summed E-state index contributed by atoms with van der Waals surface area (Å²) in [5.74, 6) is -4.88. The van der Waals surface area contributed by atoms with Crippen LogP contribution in [0.3, 0.4) is 0 Å². The first-order chi connectivity index (χ1) is 18.6. The van der Waals surface area contributed by atoms with Crippen molar-refractivity contribution in [1.29, 1.82) is 0 Å². The van der Waals surface area contributed by atoms with Crippen molar-refractivity contribution in [2.75, 3.05) is 16.3 Å². The highest BCUT2D eigenvalue weighted by Crippen LogP contribution is 2.42. The van der Waals surface area contributed by atoms with E-state index in [9.17, 15) is 33.9 Å². The van der Waals surface area contributed by atoms with Gasteiger partial charge in [-0.05, 0) is 41.5 Å². The molecule has 3 aromatic rings. The average Bonchev–Trinajstić information content (AvgIpc) is 3.65. The summed E-state index contributed by atoms with van der Waals surface area (Å²) in [7, 11) is 0. The van der Waals surface area contributed by atoms with Crippen molar-refractivity contribution in [3.8, 4) is 0 Å². The van der Waals surface area contributed by atoms with Crippen molar-refractivity contribution in [2.45, 2.75) is 25.0 Å². The van der Waals surface area contributed by atoms with Gasteiger partial charge in [0.1, 0.15) is 18.4 Å². The molecule has 198 valence electrons. The second kappa shape index (κ2) is 9.67. The molecule has 1 aliphatic heterocycles. The number of nitrogens with one attached hydrogen (secondary N) is 2. The Morgan fingerprint density at radius 2 is 1.67 bits per heavy atom. The van der Waals surface area contributed by atoms with Gasteiger partial charge in [-0.3, -0.25) is 33.8 Å². The molecule has 3 aromatic carbocycles. The second-order valence-corrected chi connectivity index (χ2v) is 9.54. The summed E-state index contributed by atoms with van der Waals surface area (Å²) in [5, 5.41) is 16.0. The van der Waals surface area contributed by atoms with Crippen LogP contribution in [0.25, 0.3) is 10.8 Å². The number of hydrogen-bond donors (Lipinski definition) is 3. The van der Waals surface area contributed by atoms with Crippen LogP contribution in [-0.4, -0.2) is 59.2 Å². The van der Waals surface area contributed by atoms with Crippen molar-refractivity contribution in [2.24, 2.45) is 5.92 Å². The van der Waals surface area contributed by atoms with Gasteiger partial charge in [-0.15, -0.1) is 0 Å². The SMILES string of the molecule is CC(=O)N1c2ccccc2N(CC(=O)NC2(C=O)CC2C(=O)O)C(=O)[C@H]1NC(=O)c1ccc2ccccc2c1. The molecule has 4 amide bonds. The lowest BCUT2D eigenvalue weighted by atomic mass is 10.1. The maximum atomic E-state index is 13.7. The number of carboxylic acids is 1. The molecule has 1 aliphatic carbocycles. The molecule has 0 radical (unpaired) electrons. The van der Waals surface area contributed by atoms with E-state index in [0.717, 1.165) is 20.6 Å². The van der Waals surface area contributed by atoms with Gasteiger partial charge in [0.2, 0.25) is 11.8 Å². The van der Waals surface area contributed by atoms with Gasteiger partial charge in [0, 0.05) is 12.5 Å². The fraction of sp³-hybridized carbons (Fsp3) is 0.214. The zero-order valence-electron chi connectivity index (χ0n) is 20.8. The number of rotatable bonds is 7. The molecule has 0 bridgehead atoms. The number of carbonyl (C=O) groups is 6. The Balaban J connectivity index is 1.44. The van der Waals surface area contributed by atoms with Gasteiger partial charge in [-0.2, -0.15) is 0 Å². The number of anilines is 2. The van der Waals surface area contributed by atoms with Crippen LogP contribution in [0.2, 0.25) is 0 Å². The quantitative estimate of drug-likeness (QED) is 0.393. The van der Waals surface area contributed by atoms with E-state index in [1.54, 1.807) is 42.5 Å². The Hall–Kier alpha value is -5.06. The zero-order valence-corrected chi connectivity index (χ0v) is 20.8. The Morgan fingerprint density at radius 1 is 1.00 bits per heavy atom. The molecule has 0 saturated heterocycles. The van der Waals surface area contributed by atoms with Crippen LogP contribution < -0.4 is 20.4 Å². The van der Waals surface area contributed by atoms with Crippen molar-refractivity contribution in [3.63, 3.8) is 0 Å². The number of benzene rings is 3. The topological polar surface area (TPSA) is 153 Å². The maximum Gasteiger partial charge on any atom is 0.309 e. The number of carboxylic acid groups (broad SMARTS) is 1. The molecule has 1 saturated carbocycles. The lowest BCUT2D eigenvalue weighted by Gasteiger charge is -2.41. The van der Waals surface area contributed by atoms with Crippen LogP contribution in [0.1, 0.15) is 23.7 Å². The number of para-hydroxylation sites is 2.